The molecule has 7 nitrogen and oxygen atoms in total. The van der Waals surface area contributed by atoms with Gasteiger partial charge in [0, 0.05) is 37.3 Å². The minimum Gasteiger partial charge on any atom is -0.496 e. The molecule has 3 aromatic rings. The third-order valence-corrected chi connectivity index (χ3v) is 6.76. The first-order valence-corrected chi connectivity index (χ1v) is 12.4. The number of carbonyl (C=O) groups is 1. The first-order valence-electron chi connectivity index (χ1n) is 11.4. The number of thioether (sulfide) groups is 1. The molecule has 0 aliphatic carbocycles. The predicted molar refractivity (Wildman–Crippen MR) is 136 cm³/mol. The largest absolute Gasteiger partial charge is 0.496 e. The van der Waals surface area contributed by atoms with E-state index >= 15 is 0 Å². The number of aromatic amines is 1. The molecule has 1 amide bonds. The summed E-state index contributed by atoms with van der Waals surface area (Å²) in [5.74, 6) is 1.28. The summed E-state index contributed by atoms with van der Waals surface area (Å²) in [7, 11) is 1.67. The van der Waals surface area contributed by atoms with Crippen molar-refractivity contribution >= 4 is 23.4 Å². The molecule has 1 aliphatic heterocycles. The third-order valence-electron chi connectivity index (χ3n) is 5.89. The third kappa shape index (κ3) is 5.87. The number of rotatable bonds is 8. The zero-order chi connectivity index (χ0) is 24.1. The molecule has 2 N–H and O–H groups in total. The molecule has 0 saturated carbocycles. The lowest BCUT2D eigenvalue weighted by molar-refractivity contribution is -0.113. The monoisotopic (exact) mass is 478 g/mol. The number of hydrogen-bond donors (Lipinski definition) is 2. The number of para-hydroxylation sites is 1. The average molecular weight is 479 g/mol. The van der Waals surface area contributed by atoms with Crippen molar-refractivity contribution in [2.24, 2.45) is 0 Å². The van der Waals surface area contributed by atoms with Crippen LogP contribution in [-0.4, -0.2) is 40.2 Å². The van der Waals surface area contributed by atoms with E-state index in [0.717, 1.165) is 29.2 Å². The fourth-order valence-corrected chi connectivity index (χ4v) is 4.72. The molecule has 0 atom stereocenters. The van der Waals surface area contributed by atoms with Gasteiger partial charge < -0.3 is 15.0 Å². The topological polar surface area (TPSA) is 87.3 Å². The zero-order valence-electron chi connectivity index (χ0n) is 19.8. The Morgan fingerprint density at radius 2 is 2.06 bits per heavy atom. The molecule has 0 spiro atoms. The number of carbonyl (C=O) groups excluding carboxylic acids is 1. The number of methoxy groups -OCH3 is 1. The second-order valence-electron chi connectivity index (χ2n) is 8.69. The fraction of sp³-hybridized carbons (Fsp3) is 0.346. The van der Waals surface area contributed by atoms with E-state index in [2.05, 4.69) is 34.0 Å². The Balaban J connectivity index is 1.37. The van der Waals surface area contributed by atoms with E-state index in [1.807, 2.05) is 48.5 Å². The molecule has 2 heterocycles. The zero-order valence-corrected chi connectivity index (χ0v) is 20.6. The lowest BCUT2D eigenvalue weighted by Gasteiger charge is -2.28. The summed E-state index contributed by atoms with van der Waals surface area (Å²) in [4.78, 5) is 34.9. The number of amides is 1. The number of aromatic nitrogens is 2. The number of fused-ring (bicyclic) bond motifs is 1. The molecule has 34 heavy (non-hydrogen) atoms. The minimum absolute atomic E-state index is 0.130. The predicted octanol–water partition coefficient (Wildman–Crippen LogP) is 4.19. The molecule has 2 aromatic carbocycles. The quantitative estimate of drug-likeness (QED) is 0.373. The number of H-pyrrole nitrogens is 1. The highest BCUT2D eigenvalue weighted by atomic mass is 32.2. The lowest BCUT2D eigenvalue weighted by Crippen LogP contribution is -2.35. The Morgan fingerprint density at radius 1 is 1.24 bits per heavy atom. The summed E-state index contributed by atoms with van der Waals surface area (Å²) in [6, 6.07) is 15.8. The van der Waals surface area contributed by atoms with Crippen LogP contribution in [0.2, 0.25) is 0 Å². The summed E-state index contributed by atoms with van der Waals surface area (Å²) in [6.45, 7) is 6.28. The maximum atomic E-state index is 12.8. The molecule has 0 radical (unpaired) electrons. The Hall–Kier alpha value is -3.10. The van der Waals surface area contributed by atoms with Crippen LogP contribution >= 0.6 is 11.8 Å². The Kier molecular flexibility index (Phi) is 7.70. The standard InChI is InChI=1S/C26H30N4O3S/c1-17(2)18-8-6-9-20(13-18)27-24(31)16-34-26-28-22-11-12-30(15-21(22)25(32)29-26)14-19-7-4-5-10-23(19)33-3/h4-10,13,17H,11-12,14-16H2,1-3H3,(H,27,31)(H,28,29,32). The number of hydrogen-bond acceptors (Lipinski definition) is 6. The van der Waals surface area contributed by atoms with Crippen LogP contribution in [0.15, 0.2) is 58.5 Å². The Labute approximate surface area is 203 Å². The van der Waals surface area contributed by atoms with E-state index < -0.39 is 0 Å². The van der Waals surface area contributed by atoms with Crippen molar-refractivity contribution in [3.63, 3.8) is 0 Å². The Morgan fingerprint density at radius 3 is 2.85 bits per heavy atom. The molecule has 4 rings (SSSR count). The van der Waals surface area contributed by atoms with E-state index in [0.29, 0.717) is 36.1 Å². The average Bonchev–Trinajstić information content (AvgIpc) is 2.83. The molecule has 1 aliphatic rings. The summed E-state index contributed by atoms with van der Waals surface area (Å²) >= 11 is 1.24. The van der Waals surface area contributed by atoms with Gasteiger partial charge in [0.1, 0.15) is 5.75 Å². The molecule has 178 valence electrons. The molecular weight excluding hydrogens is 448 g/mol. The van der Waals surface area contributed by atoms with Crippen molar-refractivity contribution in [3.05, 3.63) is 81.3 Å². The first kappa shape index (κ1) is 24.0. The van der Waals surface area contributed by atoms with Crippen LogP contribution in [0.3, 0.4) is 0 Å². The molecular formula is C26H30N4O3S. The molecule has 1 aromatic heterocycles. The number of anilines is 1. The number of benzene rings is 2. The van der Waals surface area contributed by atoms with E-state index in [9.17, 15) is 9.59 Å². The highest BCUT2D eigenvalue weighted by Gasteiger charge is 2.22. The Bertz CT molecular complexity index is 1220. The van der Waals surface area contributed by atoms with Crippen molar-refractivity contribution in [1.29, 1.82) is 0 Å². The first-order chi connectivity index (χ1) is 16.4. The highest BCUT2D eigenvalue weighted by molar-refractivity contribution is 7.99. The van der Waals surface area contributed by atoms with Crippen LogP contribution in [0.5, 0.6) is 5.75 Å². The van der Waals surface area contributed by atoms with Gasteiger partial charge in [-0.1, -0.05) is 55.9 Å². The van der Waals surface area contributed by atoms with Crippen molar-refractivity contribution in [1.82, 2.24) is 14.9 Å². The van der Waals surface area contributed by atoms with Crippen LogP contribution in [0.4, 0.5) is 5.69 Å². The molecule has 0 saturated heterocycles. The van der Waals surface area contributed by atoms with E-state index in [-0.39, 0.29) is 17.2 Å². The number of nitrogens with zero attached hydrogens (tertiary/aromatic N) is 2. The van der Waals surface area contributed by atoms with Gasteiger partial charge in [0.25, 0.3) is 5.56 Å². The van der Waals surface area contributed by atoms with Crippen LogP contribution in [0.25, 0.3) is 0 Å². The molecule has 0 bridgehead atoms. The van der Waals surface area contributed by atoms with Gasteiger partial charge in [0.15, 0.2) is 5.16 Å². The van der Waals surface area contributed by atoms with Gasteiger partial charge in [-0.2, -0.15) is 0 Å². The summed E-state index contributed by atoms with van der Waals surface area (Å²) < 4.78 is 5.45. The molecule has 0 fully saturated rings. The maximum absolute atomic E-state index is 12.8. The number of ether oxygens (including phenoxy) is 1. The minimum atomic E-state index is -0.137. The number of nitrogens with one attached hydrogen (secondary N) is 2. The van der Waals surface area contributed by atoms with Crippen molar-refractivity contribution in [2.45, 2.75) is 44.4 Å². The SMILES string of the molecule is COc1ccccc1CN1CCc2nc(SCC(=O)Nc3cccc(C(C)C)c3)[nH]c(=O)c2C1. The summed E-state index contributed by atoms with van der Waals surface area (Å²) in [6.07, 6.45) is 0.691. The van der Waals surface area contributed by atoms with Crippen molar-refractivity contribution < 1.29 is 9.53 Å². The normalized spacial score (nSPS) is 13.5. The summed E-state index contributed by atoms with van der Waals surface area (Å²) in [5, 5.41) is 3.41. The van der Waals surface area contributed by atoms with Gasteiger partial charge in [0.2, 0.25) is 5.91 Å². The van der Waals surface area contributed by atoms with Crippen LogP contribution in [0.1, 0.15) is 42.1 Å². The molecule has 0 unspecified atom stereocenters. The highest BCUT2D eigenvalue weighted by Crippen LogP contribution is 2.24. The van der Waals surface area contributed by atoms with E-state index in [1.165, 1.54) is 17.3 Å². The molecule has 8 heteroatoms. The second kappa shape index (κ2) is 10.9. The van der Waals surface area contributed by atoms with Gasteiger partial charge >= 0.3 is 0 Å². The van der Waals surface area contributed by atoms with Gasteiger partial charge in [-0.25, -0.2) is 4.98 Å². The van der Waals surface area contributed by atoms with Crippen LogP contribution in [-0.2, 0) is 24.3 Å². The lowest BCUT2D eigenvalue weighted by atomic mass is 10.0. The smallest absolute Gasteiger partial charge is 0.256 e. The maximum Gasteiger partial charge on any atom is 0.256 e. The van der Waals surface area contributed by atoms with E-state index in [1.54, 1.807) is 7.11 Å². The van der Waals surface area contributed by atoms with Gasteiger partial charge in [-0.05, 0) is 29.7 Å². The van der Waals surface area contributed by atoms with Crippen molar-refractivity contribution in [2.75, 3.05) is 24.7 Å². The second-order valence-corrected chi connectivity index (χ2v) is 9.65. The van der Waals surface area contributed by atoms with Gasteiger partial charge in [-0.15, -0.1) is 0 Å². The van der Waals surface area contributed by atoms with Crippen LogP contribution < -0.4 is 15.6 Å². The van der Waals surface area contributed by atoms with Crippen LogP contribution in [0, 0.1) is 0 Å². The van der Waals surface area contributed by atoms with Gasteiger partial charge in [-0.3, -0.25) is 14.5 Å². The van der Waals surface area contributed by atoms with Gasteiger partial charge in [0.05, 0.1) is 24.1 Å². The van der Waals surface area contributed by atoms with Crippen molar-refractivity contribution in [3.8, 4) is 5.75 Å². The summed E-state index contributed by atoms with van der Waals surface area (Å²) in [5.41, 5.74) is 4.41. The fourth-order valence-electron chi connectivity index (χ4n) is 4.04. The van der Waals surface area contributed by atoms with E-state index in [4.69, 9.17) is 4.74 Å².